The molecule has 1 aromatic heterocycles. The van der Waals surface area contributed by atoms with E-state index in [9.17, 15) is 5.11 Å². The monoisotopic (exact) mass is 483 g/mol. The maximum atomic E-state index is 11.8. The van der Waals surface area contributed by atoms with Gasteiger partial charge in [0.05, 0.1) is 17.7 Å². The number of benzene rings is 3. The van der Waals surface area contributed by atoms with Crippen LogP contribution in [0.2, 0.25) is 0 Å². The van der Waals surface area contributed by atoms with E-state index in [2.05, 4.69) is 15.5 Å². The van der Waals surface area contributed by atoms with Crippen LogP contribution in [0.25, 0.3) is 16.5 Å². The minimum absolute atomic E-state index is 0.200. The van der Waals surface area contributed by atoms with Gasteiger partial charge in [0, 0.05) is 18.7 Å². The Hall–Kier alpha value is -4.27. The van der Waals surface area contributed by atoms with Crippen molar-refractivity contribution < 1.29 is 14.6 Å². The number of nitrogen functional groups attached to an aromatic ring is 1. The first-order valence-corrected chi connectivity index (χ1v) is 11.7. The highest BCUT2D eigenvalue weighted by Crippen LogP contribution is 2.32. The molecular formula is C28H29N5O3. The van der Waals surface area contributed by atoms with Crippen LogP contribution in [0.1, 0.15) is 11.1 Å². The molecule has 5 rings (SSSR count). The topological polar surface area (TPSA) is 109 Å². The van der Waals surface area contributed by atoms with Crippen molar-refractivity contribution in [2.45, 2.75) is 12.3 Å². The lowest BCUT2D eigenvalue weighted by molar-refractivity contribution is -0.0766. The SMILES string of the molecule is COCN1C=CC(c2ccc3[nH]nc(N)c3c2)=CC1(O)CNc1ccccc1OCc1ccccc1. The number of para-hydroxylation sites is 2. The lowest BCUT2D eigenvalue weighted by atomic mass is 9.96. The van der Waals surface area contributed by atoms with Gasteiger partial charge in [0.1, 0.15) is 19.1 Å². The van der Waals surface area contributed by atoms with Crippen molar-refractivity contribution in [3.8, 4) is 5.75 Å². The average Bonchev–Trinajstić information content (AvgIpc) is 3.28. The summed E-state index contributed by atoms with van der Waals surface area (Å²) in [6, 6.07) is 23.6. The highest BCUT2D eigenvalue weighted by atomic mass is 16.5. The largest absolute Gasteiger partial charge is 0.487 e. The van der Waals surface area contributed by atoms with Gasteiger partial charge in [-0.2, -0.15) is 5.10 Å². The highest BCUT2D eigenvalue weighted by molar-refractivity contribution is 5.92. The molecule has 1 atom stereocenters. The second kappa shape index (κ2) is 10.2. The maximum Gasteiger partial charge on any atom is 0.177 e. The van der Waals surface area contributed by atoms with Crippen molar-refractivity contribution in [1.82, 2.24) is 15.1 Å². The molecule has 184 valence electrons. The molecule has 3 aromatic carbocycles. The van der Waals surface area contributed by atoms with Crippen LogP contribution in [0.4, 0.5) is 11.5 Å². The van der Waals surface area contributed by atoms with Gasteiger partial charge < -0.3 is 30.5 Å². The van der Waals surface area contributed by atoms with Crippen LogP contribution in [0.5, 0.6) is 5.75 Å². The van der Waals surface area contributed by atoms with Gasteiger partial charge in [0.15, 0.2) is 11.5 Å². The van der Waals surface area contributed by atoms with Gasteiger partial charge in [-0.05, 0) is 53.1 Å². The molecule has 0 saturated heterocycles. The zero-order valence-electron chi connectivity index (χ0n) is 20.0. The molecule has 36 heavy (non-hydrogen) atoms. The predicted octanol–water partition coefficient (Wildman–Crippen LogP) is 4.34. The first-order valence-electron chi connectivity index (χ1n) is 11.7. The zero-order chi connectivity index (χ0) is 25.0. The van der Waals surface area contributed by atoms with E-state index in [-0.39, 0.29) is 13.3 Å². The van der Waals surface area contributed by atoms with Crippen LogP contribution < -0.4 is 15.8 Å². The number of ether oxygens (including phenoxy) is 2. The number of hydrogen-bond acceptors (Lipinski definition) is 7. The Labute approximate surface area is 209 Å². The summed E-state index contributed by atoms with van der Waals surface area (Å²) in [5.41, 5.74) is 9.16. The van der Waals surface area contributed by atoms with Crippen LogP contribution in [0.3, 0.4) is 0 Å². The quantitative estimate of drug-likeness (QED) is 0.280. The summed E-state index contributed by atoms with van der Waals surface area (Å²) >= 11 is 0. The number of allylic oxidation sites excluding steroid dienone is 2. The number of H-pyrrole nitrogens is 1. The Morgan fingerprint density at radius 2 is 1.89 bits per heavy atom. The number of aromatic amines is 1. The Kier molecular flexibility index (Phi) is 6.62. The highest BCUT2D eigenvalue weighted by Gasteiger charge is 2.33. The standard InChI is InChI=1S/C28H29N5O3/c1-35-19-33-14-13-22(21-11-12-24-23(15-21)27(29)32-31-24)16-28(33,34)18-30-25-9-5-6-10-26(25)36-17-20-7-3-2-4-8-20/h2-16,30,34H,17-19H2,1H3,(H3,29,31,32). The van der Waals surface area contributed by atoms with Gasteiger partial charge in [-0.25, -0.2) is 0 Å². The fourth-order valence-electron chi connectivity index (χ4n) is 4.22. The molecule has 0 aliphatic carbocycles. The molecule has 1 unspecified atom stereocenters. The molecular weight excluding hydrogens is 454 g/mol. The fourth-order valence-corrected chi connectivity index (χ4v) is 4.22. The number of aromatic nitrogens is 2. The second-order valence-corrected chi connectivity index (χ2v) is 8.67. The van der Waals surface area contributed by atoms with E-state index in [1.165, 1.54) is 0 Å². The lowest BCUT2D eigenvalue weighted by Gasteiger charge is -2.39. The normalized spacial score (nSPS) is 17.3. The number of methoxy groups -OCH3 is 1. The maximum absolute atomic E-state index is 11.8. The van der Waals surface area contributed by atoms with Crippen molar-refractivity contribution in [3.05, 3.63) is 102 Å². The van der Waals surface area contributed by atoms with Crippen LogP contribution in [0, 0.1) is 0 Å². The number of hydrogen-bond donors (Lipinski definition) is 4. The summed E-state index contributed by atoms with van der Waals surface area (Å²) < 4.78 is 11.4. The fraction of sp³-hybridized carbons (Fsp3) is 0.179. The van der Waals surface area contributed by atoms with Gasteiger partial charge in [0.2, 0.25) is 0 Å². The minimum atomic E-state index is -1.36. The van der Waals surface area contributed by atoms with E-state index in [4.69, 9.17) is 15.2 Å². The summed E-state index contributed by atoms with van der Waals surface area (Å²) in [5.74, 6) is 1.15. The smallest absolute Gasteiger partial charge is 0.177 e. The van der Waals surface area contributed by atoms with Crippen molar-refractivity contribution >= 4 is 28.0 Å². The molecule has 5 N–H and O–H groups in total. The molecule has 1 aliphatic heterocycles. The first kappa shape index (κ1) is 23.5. The zero-order valence-corrected chi connectivity index (χ0v) is 20.0. The van der Waals surface area contributed by atoms with Crippen molar-refractivity contribution in [2.75, 3.05) is 31.4 Å². The molecule has 0 amide bonds. The van der Waals surface area contributed by atoms with E-state index in [0.29, 0.717) is 18.2 Å². The Morgan fingerprint density at radius 1 is 1.08 bits per heavy atom. The Morgan fingerprint density at radius 3 is 2.72 bits per heavy atom. The number of nitrogens with zero attached hydrogens (tertiary/aromatic N) is 2. The first-order chi connectivity index (χ1) is 17.6. The number of anilines is 2. The van der Waals surface area contributed by atoms with Gasteiger partial charge >= 0.3 is 0 Å². The number of rotatable bonds is 9. The summed E-state index contributed by atoms with van der Waals surface area (Å²) in [4.78, 5) is 1.74. The molecule has 2 heterocycles. The van der Waals surface area contributed by atoms with E-state index < -0.39 is 5.72 Å². The molecule has 1 aliphatic rings. The van der Waals surface area contributed by atoms with Crippen LogP contribution in [-0.2, 0) is 11.3 Å². The molecule has 0 saturated carbocycles. The predicted molar refractivity (Wildman–Crippen MR) is 142 cm³/mol. The van der Waals surface area contributed by atoms with Crippen molar-refractivity contribution in [2.24, 2.45) is 0 Å². The molecule has 4 aromatic rings. The third-order valence-corrected chi connectivity index (χ3v) is 6.18. The molecule has 0 radical (unpaired) electrons. The van der Waals surface area contributed by atoms with E-state index in [1.807, 2.05) is 91.1 Å². The molecule has 8 nitrogen and oxygen atoms in total. The van der Waals surface area contributed by atoms with Gasteiger partial charge in [-0.1, -0.05) is 48.5 Å². The van der Waals surface area contributed by atoms with Crippen molar-refractivity contribution in [3.63, 3.8) is 0 Å². The Bertz CT molecular complexity index is 1400. The third kappa shape index (κ3) is 4.91. The van der Waals surface area contributed by atoms with E-state index >= 15 is 0 Å². The second-order valence-electron chi connectivity index (χ2n) is 8.67. The van der Waals surface area contributed by atoms with Gasteiger partial charge in [0.25, 0.3) is 0 Å². The molecule has 0 bridgehead atoms. The summed E-state index contributed by atoms with van der Waals surface area (Å²) in [6.45, 7) is 0.871. The summed E-state index contributed by atoms with van der Waals surface area (Å²) in [6.07, 6.45) is 5.60. The number of fused-ring (bicyclic) bond motifs is 1. The molecule has 8 heteroatoms. The Balaban J connectivity index is 1.38. The summed E-state index contributed by atoms with van der Waals surface area (Å²) in [5, 5.41) is 22.9. The van der Waals surface area contributed by atoms with E-state index in [0.717, 1.165) is 33.3 Å². The lowest BCUT2D eigenvalue weighted by Crippen LogP contribution is -2.51. The van der Waals surface area contributed by atoms with Crippen molar-refractivity contribution in [1.29, 1.82) is 0 Å². The summed E-state index contributed by atoms with van der Waals surface area (Å²) in [7, 11) is 1.60. The minimum Gasteiger partial charge on any atom is -0.487 e. The number of nitrogens with one attached hydrogen (secondary N) is 2. The average molecular weight is 484 g/mol. The van der Waals surface area contributed by atoms with E-state index in [1.54, 1.807) is 12.0 Å². The molecule has 0 spiro atoms. The van der Waals surface area contributed by atoms with Gasteiger partial charge in [-0.15, -0.1) is 0 Å². The van der Waals surface area contributed by atoms with Gasteiger partial charge in [-0.3, -0.25) is 5.10 Å². The molecule has 0 fully saturated rings. The van der Waals surface area contributed by atoms with Crippen LogP contribution >= 0.6 is 0 Å². The number of nitrogens with two attached hydrogens (primary N) is 1. The third-order valence-electron chi connectivity index (χ3n) is 6.18. The number of aliphatic hydroxyl groups is 1. The van der Waals surface area contributed by atoms with Crippen LogP contribution in [-0.4, -0.2) is 46.3 Å². The van der Waals surface area contributed by atoms with Crippen LogP contribution in [0.15, 0.2) is 91.1 Å².